The Labute approximate surface area is 141 Å². The van der Waals surface area contributed by atoms with Crippen LogP contribution in [-0.2, 0) is 0 Å². The van der Waals surface area contributed by atoms with E-state index in [1.165, 1.54) is 0 Å². The van der Waals surface area contributed by atoms with Gasteiger partial charge in [0.05, 0.1) is 18.2 Å². The average molecular weight is 328 g/mol. The standard InChI is InChI=1S/C18H20N2O2S/c1-3-22-16-12-8-7-11-15(16)17(21)20-18(23)19-13(2)14-9-5-4-6-10-14/h4-13H,3H2,1-2H3,(H2,19,20,21,23). The second kappa shape index (κ2) is 8.29. The molecule has 2 aromatic carbocycles. The van der Waals surface area contributed by atoms with E-state index in [-0.39, 0.29) is 17.1 Å². The highest BCUT2D eigenvalue weighted by molar-refractivity contribution is 7.80. The smallest absolute Gasteiger partial charge is 0.261 e. The Hall–Kier alpha value is -2.40. The minimum Gasteiger partial charge on any atom is -0.493 e. The van der Waals surface area contributed by atoms with Gasteiger partial charge in [-0.25, -0.2) is 0 Å². The van der Waals surface area contributed by atoms with Gasteiger partial charge >= 0.3 is 0 Å². The Balaban J connectivity index is 1.99. The molecule has 0 aromatic heterocycles. The fourth-order valence-electron chi connectivity index (χ4n) is 2.16. The summed E-state index contributed by atoms with van der Waals surface area (Å²) in [6.07, 6.45) is 0. The van der Waals surface area contributed by atoms with Gasteiger partial charge < -0.3 is 10.1 Å². The molecule has 5 heteroatoms. The molecule has 0 saturated carbocycles. The van der Waals surface area contributed by atoms with Crippen molar-refractivity contribution in [2.75, 3.05) is 6.61 Å². The van der Waals surface area contributed by atoms with E-state index in [0.29, 0.717) is 17.9 Å². The number of ether oxygens (including phenoxy) is 1. The van der Waals surface area contributed by atoms with Crippen LogP contribution in [0.3, 0.4) is 0 Å². The molecule has 0 bridgehead atoms. The maximum absolute atomic E-state index is 12.4. The SMILES string of the molecule is CCOc1ccccc1C(=O)NC(=S)NC(C)c1ccccc1. The van der Waals surface area contributed by atoms with Gasteiger partial charge in [-0.05, 0) is 43.8 Å². The predicted molar refractivity (Wildman–Crippen MR) is 95.7 cm³/mol. The molecule has 0 aliphatic rings. The lowest BCUT2D eigenvalue weighted by Gasteiger charge is -2.17. The highest BCUT2D eigenvalue weighted by Crippen LogP contribution is 2.17. The summed E-state index contributed by atoms with van der Waals surface area (Å²) in [5.74, 6) is 0.262. The second-order valence-corrected chi connectivity index (χ2v) is 5.40. The van der Waals surface area contributed by atoms with Crippen molar-refractivity contribution >= 4 is 23.2 Å². The van der Waals surface area contributed by atoms with E-state index >= 15 is 0 Å². The molecule has 0 spiro atoms. The monoisotopic (exact) mass is 328 g/mol. The highest BCUT2D eigenvalue weighted by atomic mass is 32.1. The number of hydrogen-bond acceptors (Lipinski definition) is 3. The first-order valence-electron chi connectivity index (χ1n) is 7.50. The van der Waals surface area contributed by atoms with E-state index < -0.39 is 0 Å². The number of benzene rings is 2. The number of carbonyl (C=O) groups is 1. The van der Waals surface area contributed by atoms with Crippen molar-refractivity contribution in [2.45, 2.75) is 19.9 Å². The molecule has 0 fully saturated rings. The normalized spacial score (nSPS) is 11.4. The zero-order chi connectivity index (χ0) is 16.7. The molecule has 2 aromatic rings. The summed E-state index contributed by atoms with van der Waals surface area (Å²) in [4.78, 5) is 12.4. The second-order valence-electron chi connectivity index (χ2n) is 4.99. The van der Waals surface area contributed by atoms with E-state index in [9.17, 15) is 4.79 Å². The fourth-order valence-corrected chi connectivity index (χ4v) is 2.43. The molecule has 23 heavy (non-hydrogen) atoms. The van der Waals surface area contributed by atoms with Crippen LogP contribution >= 0.6 is 12.2 Å². The molecule has 0 saturated heterocycles. The van der Waals surface area contributed by atoms with Gasteiger partial charge in [0, 0.05) is 0 Å². The third-order valence-corrected chi connectivity index (χ3v) is 3.53. The first-order valence-corrected chi connectivity index (χ1v) is 7.91. The van der Waals surface area contributed by atoms with Gasteiger partial charge in [0.25, 0.3) is 5.91 Å². The van der Waals surface area contributed by atoms with E-state index in [4.69, 9.17) is 17.0 Å². The molecule has 2 rings (SSSR count). The van der Waals surface area contributed by atoms with Crippen molar-refractivity contribution in [3.63, 3.8) is 0 Å². The molecule has 1 amide bonds. The van der Waals surface area contributed by atoms with Crippen molar-refractivity contribution in [1.29, 1.82) is 0 Å². The van der Waals surface area contributed by atoms with Crippen LogP contribution < -0.4 is 15.4 Å². The van der Waals surface area contributed by atoms with Crippen molar-refractivity contribution < 1.29 is 9.53 Å². The van der Waals surface area contributed by atoms with Gasteiger partial charge in [0.1, 0.15) is 5.75 Å². The lowest BCUT2D eigenvalue weighted by atomic mass is 10.1. The molecule has 120 valence electrons. The Bertz CT molecular complexity index is 674. The zero-order valence-electron chi connectivity index (χ0n) is 13.2. The molecule has 4 nitrogen and oxygen atoms in total. The summed E-state index contributed by atoms with van der Waals surface area (Å²) < 4.78 is 5.47. The zero-order valence-corrected chi connectivity index (χ0v) is 14.0. The third-order valence-electron chi connectivity index (χ3n) is 3.31. The Morgan fingerprint density at radius 2 is 1.78 bits per heavy atom. The predicted octanol–water partition coefficient (Wildman–Crippen LogP) is 3.45. The maximum atomic E-state index is 12.4. The molecule has 0 aliphatic carbocycles. The lowest BCUT2D eigenvalue weighted by molar-refractivity contribution is 0.0973. The van der Waals surface area contributed by atoms with Gasteiger partial charge in [-0.3, -0.25) is 10.1 Å². The van der Waals surface area contributed by atoms with Crippen LogP contribution in [-0.4, -0.2) is 17.6 Å². The Kier molecular flexibility index (Phi) is 6.11. The average Bonchev–Trinajstić information content (AvgIpc) is 2.56. The number of nitrogens with one attached hydrogen (secondary N) is 2. The lowest BCUT2D eigenvalue weighted by Crippen LogP contribution is -2.40. The number of hydrogen-bond donors (Lipinski definition) is 2. The van der Waals surface area contributed by atoms with Crippen LogP contribution in [0.15, 0.2) is 54.6 Å². The summed E-state index contributed by atoms with van der Waals surface area (Å²) in [7, 11) is 0. The minimum atomic E-state index is -0.285. The van der Waals surface area contributed by atoms with Gasteiger partial charge in [-0.2, -0.15) is 0 Å². The van der Waals surface area contributed by atoms with Crippen LogP contribution in [0.25, 0.3) is 0 Å². The highest BCUT2D eigenvalue weighted by Gasteiger charge is 2.14. The molecule has 0 radical (unpaired) electrons. The first kappa shape index (κ1) is 17.0. The summed E-state index contributed by atoms with van der Waals surface area (Å²) in [6.45, 7) is 4.36. The summed E-state index contributed by atoms with van der Waals surface area (Å²) in [5.41, 5.74) is 1.56. The maximum Gasteiger partial charge on any atom is 0.261 e. The summed E-state index contributed by atoms with van der Waals surface area (Å²) in [5, 5.41) is 6.09. The third kappa shape index (κ3) is 4.79. The van der Waals surface area contributed by atoms with Crippen LogP contribution in [0.5, 0.6) is 5.75 Å². The Morgan fingerprint density at radius 3 is 2.48 bits per heavy atom. The first-order chi connectivity index (χ1) is 11.1. The molecular weight excluding hydrogens is 308 g/mol. The summed E-state index contributed by atoms with van der Waals surface area (Å²) >= 11 is 5.23. The molecule has 0 aliphatic heterocycles. The van der Waals surface area contributed by atoms with Gasteiger partial charge in [0.15, 0.2) is 5.11 Å². The van der Waals surface area contributed by atoms with Crippen LogP contribution in [0.2, 0.25) is 0 Å². The van der Waals surface area contributed by atoms with Crippen molar-refractivity contribution in [3.8, 4) is 5.75 Å². The molecule has 0 heterocycles. The largest absolute Gasteiger partial charge is 0.493 e. The van der Waals surface area contributed by atoms with E-state index in [2.05, 4.69) is 10.6 Å². The van der Waals surface area contributed by atoms with Crippen LogP contribution in [0.1, 0.15) is 35.8 Å². The minimum absolute atomic E-state index is 0.00568. The van der Waals surface area contributed by atoms with Crippen LogP contribution in [0, 0.1) is 0 Å². The molecule has 1 unspecified atom stereocenters. The van der Waals surface area contributed by atoms with Crippen molar-refractivity contribution in [2.24, 2.45) is 0 Å². The number of para-hydroxylation sites is 1. The van der Waals surface area contributed by atoms with Gasteiger partial charge in [0.2, 0.25) is 0 Å². The van der Waals surface area contributed by atoms with E-state index in [0.717, 1.165) is 5.56 Å². The van der Waals surface area contributed by atoms with Gasteiger partial charge in [-0.1, -0.05) is 42.5 Å². The molecule has 1 atom stereocenters. The van der Waals surface area contributed by atoms with E-state index in [1.807, 2.05) is 50.2 Å². The number of rotatable bonds is 5. The van der Waals surface area contributed by atoms with Crippen molar-refractivity contribution in [3.05, 3.63) is 65.7 Å². The number of thiocarbonyl (C=S) groups is 1. The fraction of sp³-hybridized carbons (Fsp3) is 0.222. The molecule has 2 N–H and O–H groups in total. The number of amides is 1. The van der Waals surface area contributed by atoms with Gasteiger partial charge in [-0.15, -0.1) is 0 Å². The van der Waals surface area contributed by atoms with Crippen LogP contribution in [0.4, 0.5) is 0 Å². The number of carbonyl (C=O) groups excluding carboxylic acids is 1. The molecular formula is C18H20N2O2S. The van der Waals surface area contributed by atoms with E-state index in [1.54, 1.807) is 18.2 Å². The van der Waals surface area contributed by atoms with Crippen molar-refractivity contribution in [1.82, 2.24) is 10.6 Å². The summed E-state index contributed by atoms with van der Waals surface area (Å²) in [6, 6.07) is 17.0. The quantitative estimate of drug-likeness (QED) is 0.826. The topological polar surface area (TPSA) is 50.4 Å². The Morgan fingerprint density at radius 1 is 1.13 bits per heavy atom.